The van der Waals surface area contributed by atoms with Crippen molar-refractivity contribution in [1.29, 1.82) is 0 Å². The van der Waals surface area contributed by atoms with Gasteiger partial charge in [0, 0.05) is 16.2 Å². The SMILES string of the molecule is COc1ccc(Br)c2[nH]cc(C(=O)c3ccc(F)cc3)c(=O)c12. The molecule has 6 heteroatoms. The first-order chi connectivity index (χ1) is 11.0. The van der Waals surface area contributed by atoms with Crippen LogP contribution in [0.25, 0.3) is 10.9 Å². The molecule has 116 valence electrons. The van der Waals surface area contributed by atoms with E-state index < -0.39 is 17.0 Å². The lowest BCUT2D eigenvalue weighted by Crippen LogP contribution is -2.17. The Morgan fingerprint density at radius 1 is 1.17 bits per heavy atom. The van der Waals surface area contributed by atoms with Crippen LogP contribution in [0.3, 0.4) is 0 Å². The van der Waals surface area contributed by atoms with E-state index in [9.17, 15) is 14.0 Å². The number of nitrogens with one attached hydrogen (secondary N) is 1. The molecule has 0 bridgehead atoms. The molecule has 3 rings (SSSR count). The fraction of sp³-hybridized carbons (Fsp3) is 0.0588. The molecule has 23 heavy (non-hydrogen) atoms. The summed E-state index contributed by atoms with van der Waals surface area (Å²) in [5.74, 6) is -0.548. The lowest BCUT2D eigenvalue weighted by molar-refractivity contribution is 0.103. The predicted octanol–water partition coefficient (Wildman–Crippen LogP) is 3.67. The Bertz CT molecular complexity index is 964. The minimum Gasteiger partial charge on any atom is -0.496 e. The molecule has 0 spiro atoms. The van der Waals surface area contributed by atoms with Gasteiger partial charge >= 0.3 is 0 Å². The van der Waals surface area contributed by atoms with Gasteiger partial charge in [-0.25, -0.2) is 4.39 Å². The lowest BCUT2D eigenvalue weighted by atomic mass is 10.0. The average molecular weight is 376 g/mol. The summed E-state index contributed by atoms with van der Waals surface area (Å²) in [6.45, 7) is 0. The summed E-state index contributed by atoms with van der Waals surface area (Å²) < 4.78 is 18.9. The van der Waals surface area contributed by atoms with Crippen molar-refractivity contribution in [1.82, 2.24) is 4.98 Å². The quantitative estimate of drug-likeness (QED) is 0.710. The molecular weight excluding hydrogens is 365 g/mol. The molecule has 0 atom stereocenters. The van der Waals surface area contributed by atoms with Crippen molar-refractivity contribution in [3.63, 3.8) is 0 Å². The molecule has 1 heterocycles. The Kier molecular flexibility index (Phi) is 4.00. The maximum Gasteiger partial charge on any atom is 0.204 e. The van der Waals surface area contributed by atoms with Gasteiger partial charge in [-0.2, -0.15) is 0 Å². The Balaban J connectivity index is 2.23. The molecule has 0 aliphatic heterocycles. The van der Waals surface area contributed by atoms with Gasteiger partial charge in [0.15, 0.2) is 5.78 Å². The van der Waals surface area contributed by atoms with Gasteiger partial charge in [0.2, 0.25) is 5.43 Å². The van der Waals surface area contributed by atoms with Crippen LogP contribution in [0.4, 0.5) is 4.39 Å². The lowest BCUT2D eigenvalue weighted by Gasteiger charge is -2.08. The molecule has 2 aromatic carbocycles. The van der Waals surface area contributed by atoms with E-state index in [1.165, 1.54) is 37.6 Å². The van der Waals surface area contributed by atoms with Crippen LogP contribution >= 0.6 is 15.9 Å². The molecule has 1 N–H and O–H groups in total. The summed E-state index contributed by atoms with van der Waals surface area (Å²) in [5.41, 5.74) is 0.321. The number of ketones is 1. The van der Waals surface area contributed by atoms with Gasteiger partial charge in [-0.3, -0.25) is 9.59 Å². The van der Waals surface area contributed by atoms with E-state index in [-0.39, 0.29) is 16.5 Å². The largest absolute Gasteiger partial charge is 0.496 e. The maximum absolute atomic E-state index is 13.0. The van der Waals surface area contributed by atoms with Gasteiger partial charge in [-0.05, 0) is 52.3 Å². The molecule has 0 aliphatic carbocycles. The number of methoxy groups -OCH3 is 1. The van der Waals surface area contributed by atoms with Crippen molar-refractivity contribution in [3.8, 4) is 5.75 Å². The van der Waals surface area contributed by atoms with Crippen LogP contribution in [0.2, 0.25) is 0 Å². The van der Waals surface area contributed by atoms with Crippen LogP contribution in [-0.4, -0.2) is 17.9 Å². The first-order valence-corrected chi connectivity index (χ1v) is 7.50. The Labute approximate surface area is 139 Å². The zero-order chi connectivity index (χ0) is 16.6. The molecular formula is C17H11BrFNO3. The molecule has 1 aromatic heterocycles. The third kappa shape index (κ3) is 2.66. The van der Waals surface area contributed by atoms with E-state index in [0.29, 0.717) is 15.7 Å². The number of carbonyl (C=O) groups is 1. The first-order valence-electron chi connectivity index (χ1n) is 6.71. The van der Waals surface area contributed by atoms with Gasteiger partial charge in [0.1, 0.15) is 11.6 Å². The topological polar surface area (TPSA) is 59.2 Å². The Morgan fingerprint density at radius 2 is 1.87 bits per heavy atom. The van der Waals surface area contributed by atoms with Crippen molar-refractivity contribution in [2.75, 3.05) is 7.11 Å². The van der Waals surface area contributed by atoms with Gasteiger partial charge in [-0.1, -0.05) is 0 Å². The number of rotatable bonds is 3. The van der Waals surface area contributed by atoms with Gasteiger partial charge in [0.25, 0.3) is 0 Å². The summed E-state index contributed by atoms with van der Waals surface area (Å²) in [5, 5.41) is 0.287. The second kappa shape index (κ2) is 5.96. The van der Waals surface area contributed by atoms with E-state index in [4.69, 9.17) is 4.74 Å². The third-order valence-corrected chi connectivity index (χ3v) is 4.18. The molecule has 0 fully saturated rings. The zero-order valence-electron chi connectivity index (χ0n) is 12.0. The number of hydrogen-bond acceptors (Lipinski definition) is 3. The molecule has 4 nitrogen and oxygen atoms in total. The van der Waals surface area contributed by atoms with Gasteiger partial charge in [-0.15, -0.1) is 0 Å². The number of aromatic amines is 1. The number of fused-ring (bicyclic) bond motifs is 1. The highest BCUT2D eigenvalue weighted by Gasteiger charge is 2.18. The summed E-state index contributed by atoms with van der Waals surface area (Å²) >= 11 is 3.36. The number of aromatic nitrogens is 1. The van der Waals surface area contributed by atoms with Crippen LogP contribution in [0.15, 0.2) is 51.9 Å². The van der Waals surface area contributed by atoms with Gasteiger partial charge in [0.05, 0.1) is 23.6 Å². The molecule has 0 saturated heterocycles. The highest BCUT2D eigenvalue weighted by Crippen LogP contribution is 2.28. The van der Waals surface area contributed by atoms with Crippen LogP contribution in [0, 0.1) is 5.82 Å². The van der Waals surface area contributed by atoms with E-state index in [1.54, 1.807) is 12.1 Å². The van der Waals surface area contributed by atoms with Gasteiger partial charge < -0.3 is 9.72 Å². The molecule has 0 aliphatic rings. The summed E-state index contributed by atoms with van der Waals surface area (Å²) in [4.78, 5) is 28.2. The summed E-state index contributed by atoms with van der Waals surface area (Å²) in [6, 6.07) is 8.45. The van der Waals surface area contributed by atoms with Crippen molar-refractivity contribution in [2.24, 2.45) is 0 Å². The first kappa shape index (κ1) is 15.4. The van der Waals surface area contributed by atoms with E-state index in [0.717, 1.165) is 0 Å². The monoisotopic (exact) mass is 375 g/mol. The number of benzene rings is 2. The van der Waals surface area contributed by atoms with Crippen LogP contribution in [-0.2, 0) is 0 Å². The number of pyridine rings is 1. The molecule has 0 amide bonds. The van der Waals surface area contributed by atoms with Crippen molar-refractivity contribution in [2.45, 2.75) is 0 Å². The highest BCUT2D eigenvalue weighted by atomic mass is 79.9. The summed E-state index contributed by atoms with van der Waals surface area (Å²) in [7, 11) is 1.45. The average Bonchev–Trinajstić information content (AvgIpc) is 2.56. The standard InChI is InChI=1S/C17H11BrFNO3/c1-23-13-7-6-12(18)15-14(13)17(22)11(8-20-15)16(21)9-2-4-10(19)5-3-9/h2-8H,1H3,(H,20,22). The number of H-pyrrole nitrogens is 1. The molecule has 3 aromatic rings. The van der Waals surface area contributed by atoms with Crippen molar-refractivity contribution < 1.29 is 13.9 Å². The predicted molar refractivity (Wildman–Crippen MR) is 88.7 cm³/mol. The van der Waals surface area contributed by atoms with Crippen molar-refractivity contribution in [3.05, 3.63) is 74.2 Å². The van der Waals surface area contributed by atoms with E-state index in [2.05, 4.69) is 20.9 Å². The second-order valence-corrected chi connectivity index (χ2v) is 5.72. The van der Waals surface area contributed by atoms with Crippen LogP contribution in [0.1, 0.15) is 15.9 Å². The number of halogens is 2. The number of ether oxygens (including phenoxy) is 1. The van der Waals surface area contributed by atoms with Crippen LogP contribution < -0.4 is 10.2 Å². The smallest absolute Gasteiger partial charge is 0.204 e. The minimum absolute atomic E-state index is 0.0273. The minimum atomic E-state index is -0.477. The number of hydrogen-bond donors (Lipinski definition) is 1. The molecule has 0 saturated carbocycles. The van der Waals surface area contributed by atoms with E-state index >= 15 is 0 Å². The van der Waals surface area contributed by atoms with Crippen LogP contribution in [0.5, 0.6) is 5.75 Å². The van der Waals surface area contributed by atoms with Crippen molar-refractivity contribution >= 4 is 32.6 Å². The summed E-state index contributed by atoms with van der Waals surface area (Å²) in [6.07, 6.45) is 1.36. The molecule has 0 radical (unpaired) electrons. The Morgan fingerprint density at radius 3 is 2.52 bits per heavy atom. The molecule has 0 unspecified atom stereocenters. The fourth-order valence-corrected chi connectivity index (χ4v) is 2.81. The Hall–Kier alpha value is -2.47. The normalized spacial score (nSPS) is 10.7. The maximum atomic E-state index is 13.0. The fourth-order valence-electron chi connectivity index (χ4n) is 2.36. The number of carbonyl (C=O) groups excluding carboxylic acids is 1. The van der Waals surface area contributed by atoms with E-state index in [1.807, 2.05) is 0 Å². The third-order valence-electron chi connectivity index (χ3n) is 3.52. The second-order valence-electron chi connectivity index (χ2n) is 4.87. The highest BCUT2D eigenvalue weighted by molar-refractivity contribution is 9.10. The zero-order valence-corrected chi connectivity index (χ0v) is 13.6.